The topological polar surface area (TPSA) is 78.9 Å². The molecule has 156 valence electrons. The Labute approximate surface area is 159 Å². The third kappa shape index (κ3) is 5.90. The SMILES string of the molecule is CC1NC(=O)COC12CCN(Cc1ccc(F)cc1)CC2.O=C(O)C(F)(F)F. The summed E-state index contributed by atoms with van der Waals surface area (Å²) in [6.45, 7) is 4.88. The Hall–Kier alpha value is -2.20. The summed E-state index contributed by atoms with van der Waals surface area (Å²) >= 11 is 0. The van der Waals surface area contributed by atoms with Crippen LogP contribution in [0.5, 0.6) is 0 Å². The molecule has 1 aromatic carbocycles. The van der Waals surface area contributed by atoms with Gasteiger partial charge < -0.3 is 15.2 Å². The number of aliphatic carboxylic acids is 1. The van der Waals surface area contributed by atoms with Gasteiger partial charge >= 0.3 is 12.1 Å². The first kappa shape index (κ1) is 22.1. The molecule has 2 aliphatic rings. The van der Waals surface area contributed by atoms with Gasteiger partial charge in [-0.05, 0) is 37.5 Å². The first-order chi connectivity index (χ1) is 13.0. The van der Waals surface area contributed by atoms with Crippen LogP contribution in [0.1, 0.15) is 25.3 Å². The summed E-state index contributed by atoms with van der Waals surface area (Å²) in [4.78, 5) is 22.6. The highest BCUT2D eigenvalue weighted by Gasteiger charge is 2.44. The van der Waals surface area contributed by atoms with Crippen LogP contribution in [0.25, 0.3) is 0 Å². The zero-order valence-electron chi connectivity index (χ0n) is 15.3. The van der Waals surface area contributed by atoms with Crippen molar-refractivity contribution >= 4 is 11.9 Å². The summed E-state index contributed by atoms with van der Waals surface area (Å²) in [5, 5.41) is 10.1. The first-order valence-corrected chi connectivity index (χ1v) is 8.72. The zero-order chi connectivity index (χ0) is 20.9. The highest BCUT2D eigenvalue weighted by Crippen LogP contribution is 2.32. The summed E-state index contributed by atoms with van der Waals surface area (Å²) in [5.41, 5.74) is 0.908. The number of nitrogens with one attached hydrogen (secondary N) is 1. The third-order valence-electron chi connectivity index (χ3n) is 4.92. The number of carbonyl (C=O) groups excluding carboxylic acids is 1. The maximum absolute atomic E-state index is 12.9. The monoisotopic (exact) mass is 406 g/mol. The molecule has 2 aliphatic heterocycles. The Bertz CT molecular complexity index is 686. The summed E-state index contributed by atoms with van der Waals surface area (Å²) in [6.07, 6.45) is -3.26. The Kier molecular flexibility index (Phi) is 7.00. The minimum atomic E-state index is -5.08. The number of likely N-dealkylation sites (tertiary alicyclic amines) is 1. The number of morpholine rings is 1. The number of amides is 1. The van der Waals surface area contributed by atoms with Gasteiger partial charge in [-0.3, -0.25) is 9.69 Å². The highest BCUT2D eigenvalue weighted by atomic mass is 19.4. The van der Waals surface area contributed by atoms with Crippen LogP contribution in [-0.2, 0) is 20.9 Å². The minimum absolute atomic E-state index is 0.0260. The molecule has 0 saturated carbocycles. The number of benzene rings is 1. The number of hydrogen-bond donors (Lipinski definition) is 2. The van der Waals surface area contributed by atoms with E-state index in [0.717, 1.165) is 38.0 Å². The normalized spacial score (nSPS) is 22.2. The van der Waals surface area contributed by atoms with Crippen LogP contribution in [-0.4, -0.2) is 59.4 Å². The molecule has 2 N–H and O–H groups in total. The van der Waals surface area contributed by atoms with Gasteiger partial charge in [0.05, 0.1) is 11.6 Å². The van der Waals surface area contributed by atoms with Crippen molar-refractivity contribution in [3.8, 4) is 0 Å². The van der Waals surface area contributed by atoms with E-state index in [0.29, 0.717) is 0 Å². The Balaban J connectivity index is 0.000000345. The van der Waals surface area contributed by atoms with Gasteiger partial charge in [0.15, 0.2) is 0 Å². The Morgan fingerprint density at radius 2 is 1.82 bits per heavy atom. The predicted octanol–water partition coefficient (Wildman–Crippen LogP) is 2.33. The molecule has 1 atom stereocenters. The van der Waals surface area contributed by atoms with E-state index in [9.17, 15) is 22.4 Å². The molecular formula is C18H22F4N2O4. The molecule has 3 rings (SSSR count). The highest BCUT2D eigenvalue weighted by molar-refractivity contribution is 5.78. The number of carboxylic acid groups (broad SMARTS) is 1. The number of carboxylic acids is 1. The molecule has 1 amide bonds. The smallest absolute Gasteiger partial charge is 0.475 e. The number of piperidine rings is 1. The van der Waals surface area contributed by atoms with Crippen LogP contribution in [0.3, 0.4) is 0 Å². The quantitative estimate of drug-likeness (QED) is 0.738. The molecule has 2 fully saturated rings. The fourth-order valence-corrected chi connectivity index (χ4v) is 3.26. The standard InChI is InChI=1S/C16H21FN2O2.C2HF3O2/c1-12-16(21-11-15(20)18-12)6-8-19(9-7-16)10-13-2-4-14(17)5-3-13;3-2(4,5)1(6)7/h2-5,12H,6-11H2,1H3,(H,18,20);(H,6,7). The van der Waals surface area contributed by atoms with Gasteiger partial charge in [0.2, 0.25) is 5.91 Å². The minimum Gasteiger partial charge on any atom is -0.475 e. The molecule has 0 radical (unpaired) electrons. The second kappa shape index (κ2) is 8.87. The van der Waals surface area contributed by atoms with Gasteiger partial charge in [-0.1, -0.05) is 12.1 Å². The number of nitrogens with zero attached hydrogens (tertiary/aromatic N) is 1. The van der Waals surface area contributed by atoms with Crippen molar-refractivity contribution in [3.63, 3.8) is 0 Å². The average molecular weight is 406 g/mol. The summed E-state index contributed by atoms with van der Waals surface area (Å²) in [6, 6.07) is 6.73. The summed E-state index contributed by atoms with van der Waals surface area (Å²) < 4.78 is 50.5. The van der Waals surface area contributed by atoms with E-state index in [1.54, 1.807) is 0 Å². The molecule has 1 spiro atoms. The number of rotatable bonds is 2. The Morgan fingerprint density at radius 3 is 2.29 bits per heavy atom. The van der Waals surface area contributed by atoms with Crippen LogP contribution >= 0.6 is 0 Å². The number of carbonyl (C=O) groups is 2. The molecule has 10 heteroatoms. The fourth-order valence-electron chi connectivity index (χ4n) is 3.26. The van der Waals surface area contributed by atoms with Crippen molar-refractivity contribution in [2.75, 3.05) is 19.7 Å². The van der Waals surface area contributed by atoms with Gasteiger partial charge in [0.25, 0.3) is 0 Å². The molecule has 2 saturated heterocycles. The molecule has 0 aliphatic carbocycles. The lowest BCUT2D eigenvalue weighted by molar-refractivity contribution is -0.192. The molecular weight excluding hydrogens is 384 g/mol. The van der Waals surface area contributed by atoms with E-state index in [2.05, 4.69) is 10.2 Å². The second-order valence-corrected chi connectivity index (χ2v) is 6.85. The number of halogens is 4. The van der Waals surface area contributed by atoms with Crippen molar-refractivity contribution in [2.24, 2.45) is 0 Å². The van der Waals surface area contributed by atoms with Crippen LogP contribution in [0, 0.1) is 5.82 Å². The van der Waals surface area contributed by atoms with Crippen LogP contribution < -0.4 is 5.32 Å². The van der Waals surface area contributed by atoms with Crippen molar-refractivity contribution in [1.82, 2.24) is 10.2 Å². The van der Waals surface area contributed by atoms with E-state index in [1.807, 2.05) is 19.1 Å². The molecule has 1 aromatic rings. The van der Waals surface area contributed by atoms with Gasteiger partial charge in [-0.2, -0.15) is 13.2 Å². The van der Waals surface area contributed by atoms with Gasteiger partial charge in [-0.25, -0.2) is 9.18 Å². The molecule has 0 bridgehead atoms. The van der Waals surface area contributed by atoms with E-state index in [4.69, 9.17) is 14.6 Å². The number of hydrogen-bond acceptors (Lipinski definition) is 4. The molecule has 0 aromatic heterocycles. The van der Waals surface area contributed by atoms with Gasteiger partial charge in [-0.15, -0.1) is 0 Å². The van der Waals surface area contributed by atoms with Gasteiger partial charge in [0.1, 0.15) is 12.4 Å². The van der Waals surface area contributed by atoms with Gasteiger partial charge in [0, 0.05) is 19.6 Å². The predicted molar refractivity (Wildman–Crippen MR) is 90.9 cm³/mol. The molecule has 1 unspecified atom stereocenters. The third-order valence-corrected chi connectivity index (χ3v) is 4.92. The Morgan fingerprint density at radius 1 is 1.29 bits per heavy atom. The van der Waals surface area contributed by atoms with Crippen LogP contribution in [0.2, 0.25) is 0 Å². The number of alkyl halides is 3. The number of ether oxygens (including phenoxy) is 1. The van der Waals surface area contributed by atoms with E-state index < -0.39 is 12.1 Å². The summed E-state index contributed by atoms with van der Waals surface area (Å²) in [5.74, 6) is -2.98. The van der Waals surface area contributed by atoms with E-state index >= 15 is 0 Å². The van der Waals surface area contributed by atoms with Crippen molar-refractivity contribution in [3.05, 3.63) is 35.6 Å². The maximum Gasteiger partial charge on any atom is 0.490 e. The fraction of sp³-hybridized carbons (Fsp3) is 0.556. The largest absolute Gasteiger partial charge is 0.490 e. The van der Waals surface area contributed by atoms with E-state index in [1.165, 1.54) is 12.1 Å². The molecule has 2 heterocycles. The maximum atomic E-state index is 12.9. The van der Waals surface area contributed by atoms with E-state index in [-0.39, 0.29) is 30.0 Å². The first-order valence-electron chi connectivity index (χ1n) is 8.72. The van der Waals surface area contributed by atoms with Crippen LogP contribution in [0.4, 0.5) is 17.6 Å². The lowest BCUT2D eigenvalue weighted by atomic mass is 9.83. The lowest BCUT2D eigenvalue weighted by Crippen LogP contribution is -2.62. The van der Waals surface area contributed by atoms with Crippen molar-refractivity contribution in [1.29, 1.82) is 0 Å². The van der Waals surface area contributed by atoms with Crippen molar-refractivity contribution < 1.29 is 37.0 Å². The second-order valence-electron chi connectivity index (χ2n) is 6.85. The molecule has 28 heavy (non-hydrogen) atoms. The lowest BCUT2D eigenvalue weighted by Gasteiger charge is -2.47. The average Bonchev–Trinajstić information content (AvgIpc) is 2.62. The summed E-state index contributed by atoms with van der Waals surface area (Å²) in [7, 11) is 0. The molecule has 6 nitrogen and oxygen atoms in total. The zero-order valence-corrected chi connectivity index (χ0v) is 15.3. The van der Waals surface area contributed by atoms with Crippen molar-refractivity contribution in [2.45, 2.75) is 44.1 Å². The van der Waals surface area contributed by atoms with Crippen LogP contribution in [0.15, 0.2) is 24.3 Å².